The van der Waals surface area contributed by atoms with Gasteiger partial charge in [0, 0.05) is 30.8 Å². The number of benzene rings is 1. The van der Waals surface area contributed by atoms with Crippen molar-refractivity contribution in [3.05, 3.63) is 40.8 Å². The molecule has 0 saturated carbocycles. The molecule has 0 aliphatic rings. The summed E-state index contributed by atoms with van der Waals surface area (Å²) >= 11 is 0. The first-order valence-corrected chi connectivity index (χ1v) is 6.19. The fourth-order valence-electron chi connectivity index (χ4n) is 1.83. The molecule has 1 heterocycles. The topological polar surface area (TPSA) is 94.6 Å². The number of methoxy groups -OCH3 is 1. The molecule has 1 atom stereocenters. The number of hydrogen-bond donors (Lipinski definition) is 2. The molecule has 2 aromatic rings. The van der Waals surface area contributed by atoms with E-state index in [9.17, 15) is 9.59 Å². The maximum absolute atomic E-state index is 11.8. The van der Waals surface area contributed by atoms with Crippen LogP contribution in [0.15, 0.2) is 39.5 Å². The Hall–Kier alpha value is -1.89. The van der Waals surface area contributed by atoms with Gasteiger partial charge in [0.1, 0.15) is 5.58 Å². The van der Waals surface area contributed by atoms with Crippen molar-refractivity contribution in [3.8, 4) is 0 Å². The Morgan fingerprint density at radius 3 is 2.81 bits per heavy atom. The van der Waals surface area contributed by atoms with Crippen molar-refractivity contribution in [3.63, 3.8) is 0 Å². The smallest absolute Gasteiger partial charge is 0.336 e. The summed E-state index contributed by atoms with van der Waals surface area (Å²) in [4.78, 5) is 22.9. The second kappa shape index (κ2) is 7.78. The van der Waals surface area contributed by atoms with Crippen LogP contribution in [0, 0.1) is 0 Å². The van der Waals surface area contributed by atoms with Crippen molar-refractivity contribution >= 4 is 35.0 Å². The number of ether oxygens (including phenoxy) is 1. The summed E-state index contributed by atoms with van der Waals surface area (Å²) < 4.78 is 10.1. The number of nitrogens with two attached hydrogens (primary N) is 1. The highest BCUT2D eigenvalue weighted by atomic mass is 35.5. The monoisotopic (exact) mass is 312 g/mol. The molecule has 0 spiro atoms. The molecular weight excluding hydrogens is 296 g/mol. The summed E-state index contributed by atoms with van der Waals surface area (Å²) in [5.74, 6) is -0.181. The van der Waals surface area contributed by atoms with Gasteiger partial charge in [-0.15, -0.1) is 12.4 Å². The lowest BCUT2D eigenvalue weighted by molar-refractivity contribution is -0.118. The molecule has 21 heavy (non-hydrogen) atoms. The van der Waals surface area contributed by atoms with Gasteiger partial charge in [-0.3, -0.25) is 4.79 Å². The van der Waals surface area contributed by atoms with Crippen molar-refractivity contribution in [2.24, 2.45) is 5.73 Å². The quantitative estimate of drug-likeness (QED) is 0.816. The van der Waals surface area contributed by atoms with E-state index in [1.165, 1.54) is 13.2 Å². The summed E-state index contributed by atoms with van der Waals surface area (Å²) in [6.45, 7) is 0.285. The maximum atomic E-state index is 11.8. The van der Waals surface area contributed by atoms with Gasteiger partial charge in [0.2, 0.25) is 5.91 Å². The number of anilines is 1. The molecule has 0 bridgehead atoms. The van der Waals surface area contributed by atoms with Crippen LogP contribution in [0.3, 0.4) is 0 Å². The first-order valence-electron chi connectivity index (χ1n) is 6.19. The van der Waals surface area contributed by atoms with E-state index in [4.69, 9.17) is 14.9 Å². The highest BCUT2D eigenvalue weighted by Crippen LogP contribution is 2.17. The zero-order valence-corrected chi connectivity index (χ0v) is 12.3. The van der Waals surface area contributed by atoms with Crippen molar-refractivity contribution < 1.29 is 13.9 Å². The Morgan fingerprint density at radius 2 is 2.14 bits per heavy atom. The van der Waals surface area contributed by atoms with Crippen LogP contribution in [0.5, 0.6) is 0 Å². The standard InChI is InChI=1S/C14H16N2O4.ClH/c1-19-11(8-15)7-13(17)16-10-3-4-12-9(6-10)2-5-14(18)20-12;/h2-6,11H,7-8,15H2,1H3,(H,16,17);1H. The first kappa shape index (κ1) is 17.2. The van der Waals surface area contributed by atoms with Crippen LogP contribution in [0.2, 0.25) is 0 Å². The molecule has 1 aromatic heterocycles. The lowest BCUT2D eigenvalue weighted by Crippen LogP contribution is -2.28. The molecule has 6 nitrogen and oxygen atoms in total. The highest BCUT2D eigenvalue weighted by Gasteiger charge is 2.11. The third kappa shape index (κ3) is 4.56. The number of carbonyl (C=O) groups excluding carboxylic acids is 1. The van der Waals surface area contributed by atoms with Gasteiger partial charge in [-0.05, 0) is 24.3 Å². The molecule has 7 heteroatoms. The Balaban J connectivity index is 0.00000220. The van der Waals surface area contributed by atoms with E-state index in [-0.39, 0.29) is 37.4 Å². The van der Waals surface area contributed by atoms with Crippen LogP contribution in [0.4, 0.5) is 5.69 Å². The number of halogens is 1. The third-order valence-corrected chi connectivity index (χ3v) is 2.91. The Labute approximate surface area is 127 Å². The minimum atomic E-state index is -0.403. The summed E-state index contributed by atoms with van der Waals surface area (Å²) in [6.07, 6.45) is -0.108. The normalized spacial score (nSPS) is 11.7. The van der Waals surface area contributed by atoms with E-state index in [1.807, 2.05) is 0 Å². The van der Waals surface area contributed by atoms with Crippen LogP contribution in [-0.2, 0) is 9.53 Å². The number of rotatable bonds is 5. The van der Waals surface area contributed by atoms with Gasteiger partial charge in [0.15, 0.2) is 0 Å². The third-order valence-electron chi connectivity index (χ3n) is 2.91. The molecule has 0 saturated heterocycles. The zero-order chi connectivity index (χ0) is 14.5. The summed E-state index contributed by atoms with van der Waals surface area (Å²) in [7, 11) is 1.52. The summed E-state index contributed by atoms with van der Waals surface area (Å²) in [5.41, 5.74) is 6.17. The average Bonchev–Trinajstić information content (AvgIpc) is 2.45. The minimum Gasteiger partial charge on any atom is -0.423 e. The lowest BCUT2D eigenvalue weighted by atomic mass is 10.2. The first-order chi connectivity index (χ1) is 9.62. The largest absolute Gasteiger partial charge is 0.423 e. The number of amides is 1. The van der Waals surface area contributed by atoms with E-state index >= 15 is 0 Å². The number of nitrogens with one attached hydrogen (secondary N) is 1. The van der Waals surface area contributed by atoms with E-state index in [0.717, 1.165) is 5.39 Å². The molecule has 2 rings (SSSR count). The molecule has 0 aliphatic heterocycles. The second-order valence-electron chi connectivity index (χ2n) is 4.35. The molecule has 0 aliphatic carbocycles. The molecule has 1 aromatic carbocycles. The Bertz CT molecular complexity index is 667. The number of hydrogen-bond acceptors (Lipinski definition) is 5. The van der Waals surface area contributed by atoms with Crippen LogP contribution in [0.25, 0.3) is 11.0 Å². The van der Waals surface area contributed by atoms with Gasteiger partial charge in [-0.25, -0.2) is 4.79 Å². The molecule has 1 unspecified atom stereocenters. The van der Waals surface area contributed by atoms with Gasteiger partial charge in [-0.1, -0.05) is 0 Å². The van der Waals surface area contributed by atoms with Crippen molar-refractivity contribution in [1.82, 2.24) is 0 Å². The summed E-state index contributed by atoms with van der Waals surface area (Å²) in [6, 6.07) is 8.04. The fraction of sp³-hybridized carbons (Fsp3) is 0.286. The number of fused-ring (bicyclic) bond motifs is 1. The predicted molar refractivity (Wildman–Crippen MR) is 82.8 cm³/mol. The molecule has 0 radical (unpaired) electrons. The fourth-order valence-corrected chi connectivity index (χ4v) is 1.83. The summed E-state index contributed by atoms with van der Waals surface area (Å²) in [5, 5.41) is 3.49. The molecule has 114 valence electrons. The lowest BCUT2D eigenvalue weighted by Gasteiger charge is -2.12. The van der Waals surface area contributed by atoms with Gasteiger partial charge in [0.25, 0.3) is 0 Å². The molecule has 1 amide bonds. The average molecular weight is 313 g/mol. The highest BCUT2D eigenvalue weighted by molar-refractivity contribution is 5.93. The van der Waals surface area contributed by atoms with Crippen LogP contribution < -0.4 is 16.7 Å². The van der Waals surface area contributed by atoms with E-state index in [2.05, 4.69) is 5.32 Å². The molecule has 3 N–H and O–H groups in total. The Kier molecular flexibility index (Phi) is 6.36. The molecule has 0 fully saturated rings. The van der Waals surface area contributed by atoms with Crippen molar-refractivity contribution in [2.75, 3.05) is 19.0 Å². The predicted octanol–water partition coefficient (Wildman–Crippen LogP) is 1.52. The van der Waals surface area contributed by atoms with Crippen molar-refractivity contribution in [1.29, 1.82) is 0 Å². The van der Waals surface area contributed by atoms with Gasteiger partial charge < -0.3 is 20.2 Å². The van der Waals surface area contributed by atoms with E-state index in [1.54, 1.807) is 24.3 Å². The second-order valence-corrected chi connectivity index (χ2v) is 4.35. The van der Waals surface area contributed by atoms with Gasteiger partial charge >= 0.3 is 5.63 Å². The maximum Gasteiger partial charge on any atom is 0.336 e. The Morgan fingerprint density at radius 1 is 1.38 bits per heavy atom. The zero-order valence-electron chi connectivity index (χ0n) is 11.5. The SMILES string of the molecule is COC(CN)CC(=O)Nc1ccc2oc(=O)ccc2c1.Cl. The van der Waals surface area contributed by atoms with Crippen LogP contribution >= 0.6 is 12.4 Å². The van der Waals surface area contributed by atoms with Crippen LogP contribution in [-0.4, -0.2) is 25.7 Å². The van der Waals surface area contributed by atoms with Gasteiger partial charge in [-0.2, -0.15) is 0 Å². The number of carbonyl (C=O) groups is 1. The minimum absolute atomic E-state index is 0. The van der Waals surface area contributed by atoms with Crippen LogP contribution in [0.1, 0.15) is 6.42 Å². The van der Waals surface area contributed by atoms with Gasteiger partial charge in [0.05, 0.1) is 12.5 Å². The van der Waals surface area contributed by atoms with E-state index in [0.29, 0.717) is 11.3 Å². The molecular formula is C14H17ClN2O4. The van der Waals surface area contributed by atoms with E-state index < -0.39 is 5.63 Å². The van der Waals surface area contributed by atoms with Crippen molar-refractivity contribution in [2.45, 2.75) is 12.5 Å².